The number of anilines is 1. The number of morpholine rings is 1. The van der Waals surface area contributed by atoms with Crippen molar-refractivity contribution in [2.24, 2.45) is 0 Å². The first kappa shape index (κ1) is 24.4. The van der Waals surface area contributed by atoms with Gasteiger partial charge in [-0.05, 0) is 48.4 Å². The van der Waals surface area contributed by atoms with Crippen molar-refractivity contribution >= 4 is 33.0 Å². The van der Waals surface area contributed by atoms with Crippen molar-refractivity contribution < 1.29 is 17.9 Å². The average Bonchev–Trinajstić information content (AvgIpc) is 3.39. The maximum absolute atomic E-state index is 12.8. The Hall–Kier alpha value is -2.72. The summed E-state index contributed by atoms with van der Waals surface area (Å²) in [6.45, 7) is 3.03. The summed E-state index contributed by atoms with van der Waals surface area (Å²) < 4.78 is 32.7. The van der Waals surface area contributed by atoms with Crippen LogP contribution < -0.4 is 10.2 Å². The number of sulfonamides is 1. The quantitative estimate of drug-likeness (QED) is 0.454. The number of hydrogen-bond donors (Lipinski definition) is 1. The predicted molar refractivity (Wildman–Crippen MR) is 136 cm³/mol. The second-order valence-corrected chi connectivity index (χ2v) is 11.3. The molecule has 1 fully saturated rings. The zero-order valence-corrected chi connectivity index (χ0v) is 20.8. The van der Waals surface area contributed by atoms with Crippen molar-refractivity contribution in [1.29, 1.82) is 0 Å². The standard InChI is InChI=1S/C25H29N3O4S2/c1-27(22-6-3-2-4-7-22)15-5-14-26-25(29)21-10-8-20(9-11-21)23-12-13-24(33-23)34(30,31)28-16-18-32-19-17-28/h2-4,6-13H,5,14-19H2,1H3,(H,26,29). The van der Waals surface area contributed by atoms with Gasteiger partial charge in [0.1, 0.15) is 4.21 Å². The van der Waals surface area contributed by atoms with Gasteiger partial charge in [0.2, 0.25) is 0 Å². The molecule has 0 bridgehead atoms. The number of benzene rings is 2. The molecule has 0 radical (unpaired) electrons. The Labute approximate surface area is 205 Å². The highest BCUT2D eigenvalue weighted by Gasteiger charge is 2.27. The number of amides is 1. The Kier molecular flexibility index (Phi) is 7.99. The molecule has 7 nitrogen and oxygen atoms in total. The number of rotatable bonds is 9. The number of hydrogen-bond acceptors (Lipinski definition) is 6. The molecule has 180 valence electrons. The van der Waals surface area contributed by atoms with Crippen molar-refractivity contribution in [1.82, 2.24) is 9.62 Å². The van der Waals surface area contributed by atoms with Gasteiger partial charge < -0.3 is 15.0 Å². The SMILES string of the molecule is CN(CCCNC(=O)c1ccc(-c2ccc(S(=O)(=O)N3CCOCC3)s2)cc1)c1ccccc1. The first-order chi connectivity index (χ1) is 16.4. The van der Waals surface area contributed by atoms with Crippen LogP contribution in [0.25, 0.3) is 10.4 Å². The van der Waals surface area contributed by atoms with Crippen LogP contribution in [0.2, 0.25) is 0 Å². The first-order valence-electron chi connectivity index (χ1n) is 11.3. The Balaban J connectivity index is 1.30. The highest BCUT2D eigenvalue weighted by atomic mass is 32.2. The third-order valence-corrected chi connectivity index (χ3v) is 9.23. The highest BCUT2D eigenvalue weighted by Crippen LogP contribution is 2.32. The van der Waals surface area contributed by atoms with E-state index in [0.717, 1.165) is 29.1 Å². The molecule has 2 aromatic carbocycles. The highest BCUT2D eigenvalue weighted by molar-refractivity contribution is 7.91. The average molecular weight is 500 g/mol. The summed E-state index contributed by atoms with van der Waals surface area (Å²) in [6.07, 6.45) is 0.838. The molecule has 4 rings (SSSR count). The van der Waals surface area contributed by atoms with E-state index in [1.807, 2.05) is 43.4 Å². The zero-order chi connectivity index (χ0) is 24.0. The molecule has 9 heteroatoms. The summed E-state index contributed by atoms with van der Waals surface area (Å²) in [4.78, 5) is 15.5. The number of nitrogens with zero attached hydrogens (tertiary/aromatic N) is 2. The van der Waals surface area contributed by atoms with Crippen molar-refractivity contribution in [3.8, 4) is 10.4 Å². The molecule has 0 spiro atoms. The summed E-state index contributed by atoms with van der Waals surface area (Å²) in [5, 5.41) is 2.97. The Morgan fingerprint density at radius 3 is 2.44 bits per heavy atom. The maximum Gasteiger partial charge on any atom is 0.252 e. The van der Waals surface area contributed by atoms with Crippen molar-refractivity contribution in [2.45, 2.75) is 10.6 Å². The lowest BCUT2D eigenvalue weighted by molar-refractivity contribution is 0.0731. The molecule has 2 heterocycles. The largest absolute Gasteiger partial charge is 0.379 e. The monoisotopic (exact) mass is 499 g/mol. The second kappa shape index (κ2) is 11.1. The molecular weight excluding hydrogens is 470 g/mol. The van der Waals surface area contributed by atoms with Crippen LogP contribution in [0.4, 0.5) is 5.69 Å². The number of thiophene rings is 1. The number of carbonyl (C=O) groups is 1. The van der Waals surface area contributed by atoms with Gasteiger partial charge in [0.05, 0.1) is 13.2 Å². The Morgan fingerprint density at radius 1 is 1.03 bits per heavy atom. The number of ether oxygens (including phenoxy) is 1. The third kappa shape index (κ3) is 5.85. The van der Waals surface area contributed by atoms with E-state index in [1.165, 1.54) is 15.6 Å². The Morgan fingerprint density at radius 2 is 1.74 bits per heavy atom. The van der Waals surface area contributed by atoms with Gasteiger partial charge in [-0.3, -0.25) is 4.79 Å². The van der Waals surface area contributed by atoms with Crippen LogP contribution in [-0.4, -0.2) is 65.1 Å². The molecule has 0 aliphatic carbocycles. The fourth-order valence-corrected chi connectivity index (χ4v) is 6.62. The summed E-state index contributed by atoms with van der Waals surface area (Å²) in [5.41, 5.74) is 2.62. The minimum atomic E-state index is -3.50. The lowest BCUT2D eigenvalue weighted by atomic mass is 10.1. The third-order valence-electron chi connectivity index (χ3n) is 5.73. The van der Waals surface area contributed by atoms with Gasteiger partial charge in [0, 0.05) is 49.4 Å². The topological polar surface area (TPSA) is 79.0 Å². The number of nitrogens with one attached hydrogen (secondary N) is 1. The minimum Gasteiger partial charge on any atom is -0.379 e. The van der Waals surface area contributed by atoms with E-state index in [0.29, 0.717) is 42.6 Å². The van der Waals surface area contributed by atoms with Crippen molar-refractivity contribution in [3.63, 3.8) is 0 Å². The van der Waals surface area contributed by atoms with Crippen LogP contribution >= 0.6 is 11.3 Å². The summed E-state index contributed by atoms with van der Waals surface area (Å²) in [7, 11) is -1.46. The smallest absolute Gasteiger partial charge is 0.252 e. The lowest BCUT2D eigenvalue weighted by Crippen LogP contribution is -2.40. The second-order valence-electron chi connectivity index (χ2n) is 8.08. The minimum absolute atomic E-state index is 0.115. The lowest BCUT2D eigenvalue weighted by Gasteiger charge is -2.25. The van der Waals surface area contributed by atoms with E-state index < -0.39 is 10.0 Å². The van der Waals surface area contributed by atoms with E-state index in [1.54, 1.807) is 18.2 Å². The van der Waals surface area contributed by atoms with E-state index in [2.05, 4.69) is 22.3 Å². The molecule has 0 unspecified atom stereocenters. The molecule has 1 N–H and O–H groups in total. The zero-order valence-electron chi connectivity index (χ0n) is 19.1. The van der Waals surface area contributed by atoms with Crippen LogP contribution in [0.15, 0.2) is 70.9 Å². The molecule has 34 heavy (non-hydrogen) atoms. The van der Waals surface area contributed by atoms with Gasteiger partial charge in [-0.15, -0.1) is 11.3 Å². The van der Waals surface area contributed by atoms with Gasteiger partial charge in [-0.25, -0.2) is 8.42 Å². The van der Waals surface area contributed by atoms with Gasteiger partial charge in [0.15, 0.2) is 0 Å². The molecule has 1 aromatic heterocycles. The van der Waals surface area contributed by atoms with E-state index >= 15 is 0 Å². The first-order valence-corrected chi connectivity index (χ1v) is 13.5. The van der Waals surface area contributed by atoms with E-state index in [9.17, 15) is 13.2 Å². The summed E-state index contributed by atoms with van der Waals surface area (Å²) >= 11 is 1.24. The maximum atomic E-state index is 12.8. The van der Waals surface area contributed by atoms with Gasteiger partial charge in [-0.2, -0.15) is 4.31 Å². The molecular formula is C25H29N3O4S2. The fourth-order valence-electron chi connectivity index (χ4n) is 3.75. The molecule has 1 aliphatic rings. The summed E-state index contributed by atoms with van der Waals surface area (Å²) in [5.74, 6) is -0.115. The van der Waals surface area contributed by atoms with Crippen LogP contribution in [0.1, 0.15) is 16.8 Å². The van der Waals surface area contributed by atoms with Crippen molar-refractivity contribution in [2.75, 3.05) is 51.3 Å². The molecule has 3 aromatic rings. The van der Waals surface area contributed by atoms with Gasteiger partial charge >= 0.3 is 0 Å². The normalized spacial score (nSPS) is 14.6. The van der Waals surface area contributed by atoms with Crippen LogP contribution in [-0.2, 0) is 14.8 Å². The van der Waals surface area contributed by atoms with Crippen LogP contribution in [0.5, 0.6) is 0 Å². The van der Waals surface area contributed by atoms with Crippen LogP contribution in [0.3, 0.4) is 0 Å². The molecule has 1 saturated heterocycles. The molecule has 1 amide bonds. The van der Waals surface area contributed by atoms with E-state index in [-0.39, 0.29) is 5.91 Å². The van der Waals surface area contributed by atoms with Gasteiger partial charge in [0.25, 0.3) is 15.9 Å². The fraction of sp³-hybridized carbons (Fsp3) is 0.320. The number of para-hydroxylation sites is 1. The molecule has 0 atom stereocenters. The van der Waals surface area contributed by atoms with Crippen LogP contribution in [0, 0.1) is 0 Å². The molecule has 1 aliphatic heterocycles. The van der Waals surface area contributed by atoms with Gasteiger partial charge in [-0.1, -0.05) is 30.3 Å². The number of carbonyl (C=O) groups excluding carboxylic acids is 1. The summed E-state index contributed by atoms with van der Waals surface area (Å²) in [6, 6.07) is 20.9. The van der Waals surface area contributed by atoms with Crippen molar-refractivity contribution in [3.05, 3.63) is 72.3 Å². The Bertz CT molecular complexity index is 1190. The van der Waals surface area contributed by atoms with E-state index in [4.69, 9.17) is 4.74 Å². The predicted octanol–water partition coefficient (Wildman–Crippen LogP) is 3.69. The molecule has 0 saturated carbocycles.